The smallest absolute Gasteiger partial charge is 0.165 e. The van der Waals surface area contributed by atoms with E-state index in [1.165, 1.54) is 6.07 Å². The monoisotopic (exact) mass is 434 g/mol. The van der Waals surface area contributed by atoms with E-state index in [0.29, 0.717) is 11.5 Å². The molecule has 4 aromatic rings. The Morgan fingerprint density at radius 2 is 1.29 bits per heavy atom. The van der Waals surface area contributed by atoms with E-state index in [9.17, 15) is 4.39 Å². The molecule has 0 atom stereocenters. The first-order valence-corrected chi connectivity index (χ1v) is 9.53. The molecule has 0 radical (unpaired) electrons. The molecule has 2 nitrogen and oxygen atoms in total. The average Bonchev–Trinajstić information content (AvgIpc) is 2.70. The van der Waals surface area contributed by atoms with Gasteiger partial charge in [-0.1, -0.05) is 64.5 Å². The number of rotatable bonds is 5. The van der Waals surface area contributed by atoms with Crippen LogP contribution in [0.25, 0.3) is 11.1 Å². The van der Waals surface area contributed by atoms with Gasteiger partial charge in [-0.3, -0.25) is 0 Å². The zero-order chi connectivity index (χ0) is 19.3. The van der Waals surface area contributed by atoms with E-state index in [1.54, 1.807) is 18.2 Å². The Balaban J connectivity index is 1.65. The molecule has 138 valence electrons. The number of para-hydroxylation sites is 2. The normalized spacial score (nSPS) is 10.5. The van der Waals surface area contributed by atoms with Crippen LogP contribution in [0.3, 0.4) is 0 Å². The molecule has 4 aromatic carbocycles. The second kappa shape index (κ2) is 8.28. The first kappa shape index (κ1) is 18.3. The maximum atomic E-state index is 14.0. The van der Waals surface area contributed by atoms with Gasteiger partial charge in [0.15, 0.2) is 11.6 Å². The standard InChI is InChI=1S/C24H16BrFO2/c25-18-8-6-10-20(16-18)27-19-9-5-7-17(15-19)21-11-1-3-13-23(21)28-24-14-4-2-12-22(24)26/h1-16H. The summed E-state index contributed by atoms with van der Waals surface area (Å²) in [5.41, 5.74) is 1.77. The third-order valence-electron chi connectivity index (χ3n) is 4.12. The van der Waals surface area contributed by atoms with Crippen molar-refractivity contribution in [2.75, 3.05) is 0 Å². The first-order valence-electron chi connectivity index (χ1n) is 8.74. The second-order valence-electron chi connectivity index (χ2n) is 6.12. The van der Waals surface area contributed by atoms with E-state index in [2.05, 4.69) is 15.9 Å². The zero-order valence-corrected chi connectivity index (χ0v) is 16.4. The summed E-state index contributed by atoms with van der Waals surface area (Å²) in [4.78, 5) is 0. The molecule has 0 spiro atoms. The third kappa shape index (κ3) is 4.24. The lowest BCUT2D eigenvalue weighted by Gasteiger charge is -2.13. The summed E-state index contributed by atoms with van der Waals surface area (Å²) < 4.78 is 26.8. The second-order valence-corrected chi connectivity index (χ2v) is 7.03. The van der Waals surface area contributed by atoms with Crippen molar-refractivity contribution in [3.8, 4) is 34.1 Å². The van der Waals surface area contributed by atoms with Crippen molar-refractivity contribution in [3.05, 3.63) is 107 Å². The van der Waals surface area contributed by atoms with Gasteiger partial charge in [-0.2, -0.15) is 0 Å². The van der Waals surface area contributed by atoms with Crippen molar-refractivity contribution in [1.29, 1.82) is 0 Å². The number of halogens is 2. The first-order chi connectivity index (χ1) is 13.7. The summed E-state index contributed by atoms with van der Waals surface area (Å²) in [6, 6.07) is 29.3. The van der Waals surface area contributed by atoms with Crippen molar-refractivity contribution in [3.63, 3.8) is 0 Å². The van der Waals surface area contributed by atoms with Crippen LogP contribution >= 0.6 is 15.9 Å². The molecule has 0 saturated carbocycles. The van der Waals surface area contributed by atoms with Crippen LogP contribution in [0.2, 0.25) is 0 Å². The van der Waals surface area contributed by atoms with Crippen molar-refractivity contribution < 1.29 is 13.9 Å². The van der Waals surface area contributed by atoms with Crippen LogP contribution < -0.4 is 9.47 Å². The number of benzene rings is 4. The van der Waals surface area contributed by atoms with Crippen molar-refractivity contribution in [1.82, 2.24) is 0 Å². The topological polar surface area (TPSA) is 18.5 Å². The summed E-state index contributed by atoms with van der Waals surface area (Å²) in [5, 5.41) is 0. The molecule has 0 unspecified atom stereocenters. The van der Waals surface area contributed by atoms with Gasteiger partial charge in [0.05, 0.1) is 0 Å². The molecule has 28 heavy (non-hydrogen) atoms. The highest BCUT2D eigenvalue weighted by Gasteiger charge is 2.10. The molecule has 0 aliphatic rings. The largest absolute Gasteiger partial charge is 0.457 e. The van der Waals surface area contributed by atoms with Crippen LogP contribution in [0.15, 0.2) is 102 Å². The van der Waals surface area contributed by atoms with Crippen LogP contribution in [0.4, 0.5) is 4.39 Å². The molecule has 0 bridgehead atoms. The summed E-state index contributed by atoms with van der Waals surface area (Å²) >= 11 is 3.45. The summed E-state index contributed by atoms with van der Waals surface area (Å²) in [6.45, 7) is 0. The van der Waals surface area contributed by atoms with Crippen LogP contribution in [0.1, 0.15) is 0 Å². The third-order valence-corrected chi connectivity index (χ3v) is 4.61. The molecule has 0 fully saturated rings. The molecule has 0 heterocycles. The number of ether oxygens (including phenoxy) is 2. The minimum Gasteiger partial charge on any atom is -0.457 e. The fourth-order valence-corrected chi connectivity index (χ4v) is 3.21. The van der Waals surface area contributed by atoms with Gasteiger partial charge in [0.25, 0.3) is 0 Å². The van der Waals surface area contributed by atoms with E-state index in [0.717, 1.165) is 21.3 Å². The van der Waals surface area contributed by atoms with Gasteiger partial charge >= 0.3 is 0 Å². The minimum absolute atomic E-state index is 0.191. The average molecular weight is 435 g/mol. The minimum atomic E-state index is -0.399. The van der Waals surface area contributed by atoms with E-state index >= 15 is 0 Å². The van der Waals surface area contributed by atoms with E-state index in [-0.39, 0.29) is 5.75 Å². The molecule has 0 amide bonds. The molecule has 0 aromatic heterocycles. The van der Waals surface area contributed by atoms with Gasteiger partial charge in [0, 0.05) is 10.0 Å². The molecule has 0 aliphatic heterocycles. The Bertz CT molecular complexity index is 1110. The number of hydrogen-bond acceptors (Lipinski definition) is 2. The quantitative estimate of drug-likeness (QED) is 0.318. The fraction of sp³-hybridized carbons (Fsp3) is 0. The molecule has 0 aliphatic carbocycles. The Hall–Kier alpha value is -3.11. The molecule has 0 saturated heterocycles. The van der Waals surface area contributed by atoms with Gasteiger partial charge in [-0.15, -0.1) is 0 Å². The summed E-state index contributed by atoms with van der Waals surface area (Å²) in [7, 11) is 0. The lowest BCUT2D eigenvalue weighted by atomic mass is 10.0. The van der Waals surface area contributed by atoms with Gasteiger partial charge in [-0.25, -0.2) is 4.39 Å². The van der Waals surface area contributed by atoms with Gasteiger partial charge in [-0.05, 0) is 54.1 Å². The summed E-state index contributed by atoms with van der Waals surface area (Å²) in [5.74, 6) is 1.81. The predicted octanol–water partition coefficient (Wildman–Crippen LogP) is 7.84. The van der Waals surface area contributed by atoms with Crippen molar-refractivity contribution in [2.45, 2.75) is 0 Å². The summed E-state index contributed by atoms with van der Waals surface area (Å²) in [6.07, 6.45) is 0. The van der Waals surface area contributed by atoms with Gasteiger partial charge in [0.2, 0.25) is 0 Å². The Morgan fingerprint density at radius 3 is 2.07 bits per heavy atom. The number of hydrogen-bond donors (Lipinski definition) is 0. The molecular weight excluding hydrogens is 419 g/mol. The zero-order valence-electron chi connectivity index (χ0n) is 14.8. The van der Waals surface area contributed by atoms with Crippen molar-refractivity contribution >= 4 is 15.9 Å². The fourth-order valence-electron chi connectivity index (χ4n) is 2.83. The van der Waals surface area contributed by atoms with Gasteiger partial charge < -0.3 is 9.47 Å². The van der Waals surface area contributed by atoms with Crippen LogP contribution in [0, 0.1) is 5.82 Å². The van der Waals surface area contributed by atoms with Crippen LogP contribution in [0.5, 0.6) is 23.0 Å². The van der Waals surface area contributed by atoms with Crippen LogP contribution in [-0.2, 0) is 0 Å². The van der Waals surface area contributed by atoms with E-state index < -0.39 is 5.82 Å². The van der Waals surface area contributed by atoms with Crippen LogP contribution in [-0.4, -0.2) is 0 Å². The highest BCUT2D eigenvalue weighted by Crippen LogP contribution is 2.36. The Kier molecular flexibility index (Phi) is 5.40. The predicted molar refractivity (Wildman–Crippen MR) is 113 cm³/mol. The van der Waals surface area contributed by atoms with Crippen molar-refractivity contribution in [2.24, 2.45) is 0 Å². The molecule has 0 N–H and O–H groups in total. The lowest BCUT2D eigenvalue weighted by molar-refractivity contribution is 0.443. The highest BCUT2D eigenvalue weighted by atomic mass is 79.9. The SMILES string of the molecule is Fc1ccccc1Oc1ccccc1-c1cccc(Oc2cccc(Br)c2)c1. The lowest BCUT2D eigenvalue weighted by Crippen LogP contribution is -1.91. The van der Waals surface area contributed by atoms with Gasteiger partial charge in [0.1, 0.15) is 17.2 Å². The maximum Gasteiger partial charge on any atom is 0.165 e. The Morgan fingerprint density at radius 1 is 0.607 bits per heavy atom. The maximum absolute atomic E-state index is 14.0. The molecule has 4 heteroatoms. The van der Waals surface area contributed by atoms with E-state index in [4.69, 9.17) is 9.47 Å². The van der Waals surface area contributed by atoms with E-state index in [1.807, 2.05) is 72.8 Å². The molecule has 4 rings (SSSR count). The molecular formula is C24H16BrFO2. The Labute approximate surface area is 171 Å². The highest BCUT2D eigenvalue weighted by molar-refractivity contribution is 9.10.